The molecule has 1 nitrogen and oxygen atoms in total. The Morgan fingerprint density at radius 1 is 1.18 bits per heavy atom. The third-order valence-electron chi connectivity index (χ3n) is 2.57. The van der Waals surface area contributed by atoms with Crippen LogP contribution in [0, 0.1) is 11.8 Å². The summed E-state index contributed by atoms with van der Waals surface area (Å²) in [5.74, 6) is 1.37. The number of allylic oxidation sites excluding steroid dienone is 2. The van der Waals surface area contributed by atoms with Gasteiger partial charge in [0.2, 0.25) is 0 Å². The van der Waals surface area contributed by atoms with Crippen LogP contribution in [0.5, 0.6) is 0 Å². The van der Waals surface area contributed by atoms with Gasteiger partial charge in [-0.2, -0.15) is 0 Å². The SMILES string of the molecule is C/C=C\C(C)[C@@H](C)[C@H](C)NC. The van der Waals surface area contributed by atoms with Crippen molar-refractivity contribution in [3.8, 4) is 0 Å². The Morgan fingerprint density at radius 3 is 2.09 bits per heavy atom. The van der Waals surface area contributed by atoms with Gasteiger partial charge in [-0.05, 0) is 32.7 Å². The van der Waals surface area contributed by atoms with Crippen molar-refractivity contribution in [2.45, 2.75) is 33.7 Å². The first-order chi connectivity index (χ1) is 5.13. The molecule has 1 unspecified atom stereocenters. The van der Waals surface area contributed by atoms with Gasteiger partial charge < -0.3 is 5.32 Å². The summed E-state index contributed by atoms with van der Waals surface area (Å²) < 4.78 is 0. The van der Waals surface area contributed by atoms with Crippen LogP contribution in [-0.4, -0.2) is 13.1 Å². The zero-order valence-electron chi connectivity index (χ0n) is 8.39. The summed E-state index contributed by atoms with van der Waals surface area (Å²) in [6.07, 6.45) is 4.39. The molecule has 0 aliphatic heterocycles. The largest absolute Gasteiger partial charge is 0.317 e. The van der Waals surface area contributed by atoms with E-state index in [4.69, 9.17) is 0 Å². The second-order valence-electron chi connectivity index (χ2n) is 3.32. The molecule has 3 atom stereocenters. The first-order valence-electron chi connectivity index (χ1n) is 4.43. The molecule has 66 valence electrons. The maximum absolute atomic E-state index is 3.27. The third-order valence-corrected chi connectivity index (χ3v) is 2.57. The van der Waals surface area contributed by atoms with E-state index >= 15 is 0 Å². The minimum Gasteiger partial charge on any atom is -0.317 e. The molecule has 0 saturated carbocycles. The Morgan fingerprint density at radius 2 is 1.73 bits per heavy atom. The lowest BCUT2D eigenvalue weighted by Gasteiger charge is -2.23. The summed E-state index contributed by atoms with van der Waals surface area (Å²) in [5, 5.41) is 3.27. The van der Waals surface area contributed by atoms with E-state index in [0.29, 0.717) is 17.9 Å². The minimum absolute atomic E-state index is 0.598. The zero-order chi connectivity index (χ0) is 8.85. The molecule has 0 saturated heterocycles. The average molecular weight is 155 g/mol. The number of rotatable bonds is 4. The van der Waals surface area contributed by atoms with E-state index in [-0.39, 0.29) is 0 Å². The Kier molecular flexibility index (Phi) is 5.22. The summed E-state index contributed by atoms with van der Waals surface area (Å²) >= 11 is 0. The standard InChI is InChI=1S/C10H21N/c1-6-7-8(2)9(3)10(4)11-5/h6-11H,1-5H3/b7-6-/t8?,9-,10+/m1/s1. The molecule has 0 fully saturated rings. The quantitative estimate of drug-likeness (QED) is 0.615. The average Bonchev–Trinajstić information content (AvgIpc) is 2.02. The van der Waals surface area contributed by atoms with Crippen molar-refractivity contribution in [2.75, 3.05) is 7.05 Å². The van der Waals surface area contributed by atoms with Crippen LogP contribution >= 0.6 is 0 Å². The fourth-order valence-electron chi connectivity index (χ4n) is 1.20. The molecule has 1 N–H and O–H groups in total. The van der Waals surface area contributed by atoms with Crippen molar-refractivity contribution in [2.24, 2.45) is 11.8 Å². The van der Waals surface area contributed by atoms with Crippen LogP contribution in [-0.2, 0) is 0 Å². The van der Waals surface area contributed by atoms with Crippen LogP contribution in [0.25, 0.3) is 0 Å². The van der Waals surface area contributed by atoms with Gasteiger partial charge in [0.1, 0.15) is 0 Å². The second kappa shape index (κ2) is 5.36. The highest BCUT2D eigenvalue weighted by Gasteiger charge is 2.14. The van der Waals surface area contributed by atoms with Crippen molar-refractivity contribution in [3.05, 3.63) is 12.2 Å². The zero-order valence-corrected chi connectivity index (χ0v) is 8.39. The Hall–Kier alpha value is -0.300. The van der Waals surface area contributed by atoms with E-state index in [2.05, 4.69) is 45.2 Å². The minimum atomic E-state index is 0.598. The number of hydrogen-bond donors (Lipinski definition) is 1. The van der Waals surface area contributed by atoms with Gasteiger partial charge in [0.15, 0.2) is 0 Å². The van der Waals surface area contributed by atoms with Gasteiger partial charge in [-0.15, -0.1) is 0 Å². The maximum Gasteiger partial charge on any atom is 0.00668 e. The van der Waals surface area contributed by atoms with Crippen LogP contribution in [0.1, 0.15) is 27.7 Å². The molecule has 0 heterocycles. The van der Waals surface area contributed by atoms with Crippen molar-refractivity contribution in [1.29, 1.82) is 0 Å². The molecule has 0 aromatic heterocycles. The van der Waals surface area contributed by atoms with Gasteiger partial charge in [0, 0.05) is 6.04 Å². The van der Waals surface area contributed by atoms with Crippen molar-refractivity contribution >= 4 is 0 Å². The Balaban J connectivity index is 3.90. The van der Waals surface area contributed by atoms with Gasteiger partial charge in [-0.3, -0.25) is 0 Å². The molecular weight excluding hydrogens is 134 g/mol. The van der Waals surface area contributed by atoms with Gasteiger partial charge in [0.25, 0.3) is 0 Å². The van der Waals surface area contributed by atoms with Gasteiger partial charge in [-0.1, -0.05) is 26.0 Å². The molecule has 0 aromatic rings. The lowest BCUT2D eigenvalue weighted by molar-refractivity contribution is 0.354. The Labute approximate surface area is 70.9 Å². The summed E-state index contributed by atoms with van der Waals surface area (Å²) in [7, 11) is 2.02. The predicted octanol–water partition coefficient (Wildman–Crippen LogP) is 2.44. The molecule has 0 amide bonds. The number of nitrogens with one attached hydrogen (secondary N) is 1. The lowest BCUT2D eigenvalue weighted by Crippen LogP contribution is -2.31. The maximum atomic E-state index is 3.27. The van der Waals surface area contributed by atoms with Crippen LogP contribution < -0.4 is 5.32 Å². The molecule has 1 heteroatoms. The summed E-state index contributed by atoms with van der Waals surface area (Å²) in [4.78, 5) is 0. The number of hydrogen-bond acceptors (Lipinski definition) is 1. The molecule has 0 bridgehead atoms. The van der Waals surface area contributed by atoms with E-state index in [1.165, 1.54) is 0 Å². The van der Waals surface area contributed by atoms with Crippen molar-refractivity contribution in [1.82, 2.24) is 5.32 Å². The molecule has 0 rings (SSSR count). The van der Waals surface area contributed by atoms with Gasteiger partial charge in [-0.25, -0.2) is 0 Å². The van der Waals surface area contributed by atoms with Crippen LogP contribution in [0.2, 0.25) is 0 Å². The highest BCUT2D eigenvalue weighted by Crippen LogP contribution is 2.15. The smallest absolute Gasteiger partial charge is 0.00668 e. The van der Waals surface area contributed by atoms with Crippen LogP contribution in [0.15, 0.2) is 12.2 Å². The van der Waals surface area contributed by atoms with Crippen molar-refractivity contribution in [3.63, 3.8) is 0 Å². The Bertz CT molecular complexity index is 118. The molecule has 0 aliphatic carbocycles. The normalized spacial score (nSPS) is 20.1. The van der Waals surface area contributed by atoms with E-state index in [1.54, 1.807) is 0 Å². The summed E-state index contributed by atoms with van der Waals surface area (Å²) in [5.41, 5.74) is 0. The molecule has 0 aliphatic rings. The van der Waals surface area contributed by atoms with Crippen LogP contribution in [0.3, 0.4) is 0 Å². The topological polar surface area (TPSA) is 12.0 Å². The predicted molar refractivity (Wildman–Crippen MR) is 51.7 cm³/mol. The molecule has 0 radical (unpaired) electrons. The van der Waals surface area contributed by atoms with E-state index in [9.17, 15) is 0 Å². The molecular formula is C10H21N. The highest BCUT2D eigenvalue weighted by molar-refractivity contribution is 4.88. The first-order valence-corrected chi connectivity index (χ1v) is 4.43. The van der Waals surface area contributed by atoms with E-state index < -0.39 is 0 Å². The molecule has 0 spiro atoms. The van der Waals surface area contributed by atoms with E-state index in [1.807, 2.05) is 7.05 Å². The molecule has 0 aromatic carbocycles. The van der Waals surface area contributed by atoms with Crippen LogP contribution in [0.4, 0.5) is 0 Å². The fourth-order valence-corrected chi connectivity index (χ4v) is 1.20. The third kappa shape index (κ3) is 3.57. The highest BCUT2D eigenvalue weighted by atomic mass is 14.9. The second-order valence-corrected chi connectivity index (χ2v) is 3.32. The lowest BCUT2D eigenvalue weighted by atomic mass is 9.90. The van der Waals surface area contributed by atoms with Gasteiger partial charge >= 0.3 is 0 Å². The fraction of sp³-hybridized carbons (Fsp3) is 0.800. The summed E-state index contributed by atoms with van der Waals surface area (Å²) in [6, 6.07) is 0.598. The monoisotopic (exact) mass is 155 g/mol. The summed E-state index contributed by atoms with van der Waals surface area (Å²) in [6.45, 7) is 8.85. The molecule has 11 heavy (non-hydrogen) atoms. The van der Waals surface area contributed by atoms with Crippen molar-refractivity contribution < 1.29 is 0 Å². The first kappa shape index (κ1) is 10.7. The van der Waals surface area contributed by atoms with E-state index in [0.717, 1.165) is 0 Å². The van der Waals surface area contributed by atoms with Gasteiger partial charge in [0.05, 0.1) is 0 Å².